The highest BCUT2D eigenvalue weighted by atomic mass is 79.9. The van der Waals surface area contributed by atoms with Crippen molar-refractivity contribution in [2.75, 3.05) is 11.9 Å². The predicted molar refractivity (Wildman–Crippen MR) is 91.7 cm³/mol. The van der Waals surface area contributed by atoms with Crippen LogP contribution in [0.15, 0.2) is 40.9 Å². The van der Waals surface area contributed by atoms with Gasteiger partial charge >= 0.3 is 0 Å². The second-order valence-corrected chi connectivity index (χ2v) is 5.76. The molecule has 0 aromatic heterocycles. The van der Waals surface area contributed by atoms with E-state index in [-0.39, 0.29) is 6.61 Å². The molecule has 2 aromatic rings. The number of benzene rings is 2. The molecule has 3 heteroatoms. The number of halogens is 1. The summed E-state index contributed by atoms with van der Waals surface area (Å²) in [7, 11) is 0. The number of hydrogen-bond acceptors (Lipinski definition) is 2. The van der Waals surface area contributed by atoms with E-state index >= 15 is 0 Å². The lowest BCUT2D eigenvalue weighted by Gasteiger charge is -2.11. The van der Waals surface area contributed by atoms with Crippen LogP contribution in [0.1, 0.15) is 16.7 Å². The second-order valence-electron chi connectivity index (χ2n) is 4.91. The van der Waals surface area contributed by atoms with Crippen LogP contribution in [0, 0.1) is 26.2 Å². The zero-order valence-corrected chi connectivity index (χ0v) is 13.8. The molecule has 2 nitrogen and oxygen atoms in total. The van der Waals surface area contributed by atoms with Crippen molar-refractivity contribution >= 4 is 21.6 Å². The third kappa shape index (κ3) is 4.27. The van der Waals surface area contributed by atoms with Gasteiger partial charge in [-0.05, 0) is 70.7 Å². The van der Waals surface area contributed by atoms with Crippen LogP contribution in [0.4, 0.5) is 5.69 Å². The number of terminal acetylenes is 1. The Labute approximate surface area is 134 Å². The van der Waals surface area contributed by atoms with Gasteiger partial charge in [0.05, 0.1) is 4.47 Å². The minimum Gasteiger partial charge on any atom is -0.480 e. The number of hydrogen-bond donors (Lipinski definition) is 1. The number of anilines is 1. The molecule has 0 saturated heterocycles. The fraction of sp³-hybridized carbons (Fsp3) is 0.222. The molecule has 0 fully saturated rings. The van der Waals surface area contributed by atoms with Gasteiger partial charge in [0.1, 0.15) is 12.4 Å². The monoisotopic (exact) mass is 343 g/mol. The van der Waals surface area contributed by atoms with E-state index in [4.69, 9.17) is 11.2 Å². The van der Waals surface area contributed by atoms with Crippen LogP contribution in [-0.4, -0.2) is 6.61 Å². The molecule has 0 radical (unpaired) electrons. The van der Waals surface area contributed by atoms with Gasteiger partial charge in [-0.3, -0.25) is 0 Å². The van der Waals surface area contributed by atoms with Gasteiger partial charge in [0.25, 0.3) is 0 Å². The molecule has 0 atom stereocenters. The van der Waals surface area contributed by atoms with Crippen molar-refractivity contribution in [1.82, 2.24) is 0 Å². The lowest BCUT2D eigenvalue weighted by molar-refractivity contribution is 0.368. The van der Waals surface area contributed by atoms with Gasteiger partial charge in [0.2, 0.25) is 0 Å². The summed E-state index contributed by atoms with van der Waals surface area (Å²) in [6, 6.07) is 12.4. The molecule has 0 unspecified atom stereocenters. The molecule has 108 valence electrons. The summed E-state index contributed by atoms with van der Waals surface area (Å²) in [5.41, 5.74) is 4.90. The molecule has 0 aliphatic heterocycles. The molecular weight excluding hydrogens is 326 g/mol. The Balaban J connectivity index is 2.01. The molecule has 0 heterocycles. The lowest BCUT2D eigenvalue weighted by atomic mass is 10.1. The fourth-order valence-electron chi connectivity index (χ4n) is 1.95. The van der Waals surface area contributed by atoms with Gasteiger partial charge in [0.15, 0.2) is 0 Å². The van der Waals surface area contributed by atoms with E-state index in [0.29, 0.717) is 0 Å². The van der Waals surface area contributed by atoms with Crippen LogP contribution in [0.5, 0.6) is 5.75 Å². The zero-order valence-electron chi connectivity index (χ0n) is 12.2. The smallest absolute Gasteiger partial charge is 0.148 e. The van der Waals surface area contributed by atoms with Gasteiger partial charge < -0.3 is 10.1 Å². The van der Waals surface area contributed by atoms with E-state index in [1.54, 1.807) is 0 Å². The quantitative estimate of drug-likeness (QED) is 0.795. The SMILES string of the molecule is C#CCOc1ccc(CNc2ccc(C)c(C)c2)cc1Br. The molecule has 21 heavy (non-hydrogen) atoms. The molecule has 0 aliphatic rings. The molecule has 0 saturated carbocycles. The van der Waals surface area contributed by atoms with Crippen molar-refractivity contribution in [3.8, 4) is 18.1 Å². The Hall–Kier alpha value is -1.92. The maximum atomic E-state index is 5.43. The third-order valence-corrected chi connectivity index (χ3v) is 3.93. The largest absolute Gasteiger partial charge is 0.480 e. The van der Waals surface area contributed by atoms with Crippen LogP contribution in [-0.2, 0) is 6.54 Å². The lowest BCUT2D eigenvalue weighted by Crippen LogP contribution is -2.01. The molecule has 0 aliphatic carbocycles. The summed E-state index contributed by atoms with van der Waals surface area (Å²) in [4.78, 5) is 0. The molecule has 0 spiro atoms. The standard InChI is InChI=1S/C18H18BrNO/c1-4-9-21-18-8-6-15(11-17(18)19)12-20-16-7-5-13(2)14(3)10-16/h1,5-8,10-11,20H,9,12H2,2-3H3. The van der Waals surface area contributed by atoms with Crippen LogP contribution < -0.4 is 10.1 Å². The van der Waals surface area contributed by atoms with Crippen LogP contribution in [0.3, 0.4) is 0 Å². The summed E-state index contributed by atoms with van der Waals surface area (Å²) < 4.78 is 6.34. The molecule has 0 amide bonds. The Bertz CT molecular complexity index is 673. The van der Waals surface area contributed by atoms with E-state index in [1.807, 2.05) is 18.2 Å². The number of rotatable bonds is 5. The first-order chi connectivity index (χ1) is 10.1. The topological polar surface area (TPSA) is 21.3 Å². The minimum absolute atomic E-state index is 0.277. The molecule has 2 aromatic carbocycles. The summed E-state index contributed by atoms with van der Waals surface area (Å²) in [6.45, 7) is 5.27. The number of nitrogens with one attached hydrogen (secondary N) is 1. The van der Waals surface area contributed by atoms with E-state index < -0.39 is 0 Å². The van der Waals surface area contributed by atoms with E-state index in [0.717, 1.165) is 22.5 Å². The minimum atomic E-state index is 0.277. The summed E-state index contributed by atoms with van der Waals surface area (Å²) in [5.74, 6) is 3.23. The Morgan fingerprint density at radius 1 is 1.14 bits per heavy atom. The van der Waals surface area contributed by atoms with Gasteiger partial charge in [-0.1, -0.05) is 18.1 Å². The Kier molecular flexibility index (Phi) is 5.30. The number of aryl methyl sites for hydroxylation is 2. The molecule has 0 bridgehead atoms. The van der Waals surface area contributed by atoms with Crippen LogP contribution >= 0.6 is 15.9 Å². The van der Waals surface area contributed by atoms with Crippen LogP contribution in [0.2, 0.25) is 0 Å². The average Bonchev–Trinajstić information content (AvgIpc) is 2.47. The number of ether oxygens (including phenoxy) is 1. The highest BCUT2D eigenvalue weighted by molar-refractivity contribution is 9.10. The maximum Gasteiger partial charge on any atom is 0.148 e. The second kappa shape index (κ2) is 7.19. The van der Waals surface area contributed by atoms with Gasteiger partial charge in [-0.15, -0.1) is 6.42 Å². The third-order valence-electron chi connectivity index (χ3n) is 3.31. The first kappa shape index (κ1) is 15.5. The fourth-order valence-corrected chi connectivity index (χ4v) is 2.49. The van der Waals surface area contributed by atoms with Crippen molar-refractivity contribution in [3.05, 3.63) is 57.6 Å². The summed E-state index contributed by atoms with van der Waals surface area (Å²) >= 11 is 3.50. The summed E-state index contributed by atoms with van der Waals surface area (Å²) in [5, 5.41) is 3.42. The Morgan fingerprint density at radius 3 is 2.62 bits per heavy atom. The van der Waals surface area contributed by atoms with Gasteiger partial charge in [-0.25, -0.2) is 0 Å². The molecule has 2 rings (SSSR count). The van der Waals surface area contributed by atoms with E-state index in [9.17, 15) is 0 Å². The van der Waals surface area contributed by atoms with Gasteiger partial charge in [-0.2, -0.15) is 0 Å². The predicted octanol–water partition coefficient (Wildman–Crippen LogP) is 4.69. The van der Waals surface area contributed by atoms with Gasteiger partial charge in [0, 0.05) is 12.2 Å². The van der Waals surface area contributed by atoms with Crippen molar-refractivity contribution < 1.29 is 4.74 Å². The van der Waals surface area contributed by atoms with Crippen molar-refractivity contribution in [2.24, 2.45) is 0 Å². The highest BCUT2D eigenvalue weighted by Crippen LogP contribution is 2.26. The first-order valence-corrected chi connectivity index (χ1v) is 7.55. The molecule has 1 N–H and O–H groups in total. The Morgan fingerprint density at radius 2 is 1.95 bits per heavy atom. The van der Waals surface area contributed by atoms with Crippen LogP contribution in [0.25, 0.3) is 0 Å². The highest BCUT2D eigenvalue weighted by Gasteiger charge is 2.03. The first-order valence-electron chi connectivity index (χ1n) is 6.76. The summed E-state index contributed by atoms with van der Waals surface area (Å²) in [6.07, 6.45) is 5.19. The normalized spacial score (nSPS) is 10.0. The molecular formula is C18H18BrNO. The van der Waals surface area contributed by atoms with E-state index in [2.05, 4.69) is 59.2 Å². The van der Waals surface area contributed by atoms with Crippen molar-refractivity contribution in [3.63, 3.8) is 0 Å². The van der Waals surface area contributed by atoms with Crippen molar-refractivity contribution in [2.45, 2.75) is 20.4 Å². The zero-order chi connectivity index (χ0) is 15.2. The average molecular weight is 344 g/mol. The maximum absolute atomic E-state index is 5.43. The van der Waals surface area contributed by atoms with Crippen molar-refractivity contribution in [1.29, 1.82) is 0 Å². The van der Waals surface area contributed by atoms with E-state index in [1.165, 1.54) is 16.7 Å².